The van der Waals surface area contributed by atoms with E-state index in [-0.39, 0.29) is 5.75 Å². The Morgan fingerprint density at radius 1 is 1.19 bits per heavy atom. The zero-order chi connectivity index (χ0) is 18.4. The maximum Gasteiger partial charge on any atom is 0.125 e. The number of aromatic hydroxyl groups is 1. The lowest BCUT2D eigenvalue weighted by molar-refractivity contribution is 0.201. The van der Waals surface area contributed by atoms with Gasteiger partial charge in [-0.3, -0.25) is 0 Å². The molecule has 0 saturated heterocycles. The molecule has 1 heterocycles. The highest BCUT2D eigenvalue weighted by molar-refractivity contribution is 7.96. The highest BCUT2D eigenvalue weighted by Crippen LogP contribution is 2.31. The van der Waals surface area contributed by atoms with E-state index in [2.05, 4.69) is 16.4 Å². The number of phenolic OH excluding ortho intramolecular Hbond substituents is 1. The molecule has 3 rings (SSSR count). The van der Waals surface area contributed by atoms with E-state index in [4.69, 9.17) is 4.74 Å². The van der Waals surface area contributed by atoms with Crippen molar-refractivity contribution < 1.29 is 9.84 Å². The van der Waals surface area contributed by atoms with Crippen LogP contribution < -0.4 is 0 Å². The van der Waals surface area contributed by atoms with E-state index in [0.717, 1.165) is 11.3 Å². The van der Waals surface area contributed by atoms with Gasteiger partial charge in [0.15, 0.2) is 0 Å². The summed E-state index contributed by atoms with van der Waals surface area (Å²) in [4.78, 5) is 0. The van der Waals surface area contributed by atoms with Gasteiger partial charge >= 0.3 is 0 Å². The number of aromatic nitrogens is 3. The molecule has 6 nitrogen and oxygen atoms in total. The van der Waals surface area contributed by atoms with Crippen LogP contribution in [0.3, 0.4) is 0 Å². The summed E-state index contributed by atoms with van der Waals surface area (Å²) in [5, 5.41) is 27.9. The molecule has 0 spiro atoms. The molecule has 0 aliphatic rings. The maximum atomic E-state index is 10.1. The van der Waals surface area contributed by atoms with Gasteiger partial charge in [-0.1, -0.05) is 35.5 Å². The Morgan fingerprint density at radius 3 is 2.73 bits per heavy atom. The number of para-hydroxylation sites is 1. The van der Waals surface area contributed by atoms with Gasteiger partial charge in [-0.2, -0.15) is 9.35 Å². The van der Waals surface area contributed by atoms with E-state index in [9.17, 15) is 10.4 Å². The third-order valence-electron chi connectivity index (χ3n) is 3.91. The number of nitrogens with zero attached hydrogens (tertiary/aromatic N) is 4. The maximum absolute atomic E-state index is 10.1. The summed E-state index contributed by atoms with van der Waals surface area (Å²) in [6.45, 7) is 0.517. The Labute approximate surface area is 156 Å². The van der Waals surface area contributed by atoms with Crippen LogP contribution in [0.15, 0.2) is 48.5 Å². The van der Waals surface area contributed by atoms with Crippen LogP contribution >= 0.6 is 11.9 Å². The summed E-state index contributed by atoms with van der Waals surface area (Å²) in [5.41, 5.74) is 3.74. The Morgan fingerprint density at radius 2 is 1.96 bits per heavy atom. The first-order chi connectivity index (χ1) is 12.7. The summed E-state index contributed by atoms with van der Waals surface area (Å²) in [6, 6.07) is 16.8. The van der Waals surface area contributed by atoms with Crippen LogP contribution in [-0.4, -0.2) is 33.2 Å². The number of nitriles is 1. The van der Waals surface area contributed by atoms with Crippen molar-refractivity contribution in [2.75, 3.05) is 13.7 Å². The molecule has 0 radical (unpaired) electrons. The molecule has 0 amide bonds. The Bertz CT molecular complexity index is 933. The topological polar surface area (TPSA) is 84.0 Å². The SMILES string of the molecule is COCCc1c(-c2ccccc2O)nnn1SCc1ccccc1C#N. The average Bonchev–Trinajstić information content (AvgIpc) is 3.07. The number of hydrogen-bond acceptors (Lipinski definition) is 6. The first kappa shape index (κ1) is 18.0. The molecular formula is C19H18N4O2S. The van der Waals surface area contributed by atoms with E-state index < -0.39 is 0 Å². The normalized spacial score (nSPS) is 10.6. The third-order valence-corrected chi connectivity index (χ3v) is 4.89. The minimum atomic E-state index is 0.165. The lowest BCUT2D eigenvalue weighted by Crippen LogP contribution is -2.03. The minimum Gasteiger partial charge on any atom is -0.507 e. The number of ether oxygens (including phenoxy) is 1. The fourth-order valence-electron chi connectivity index (χ4n) is 2.57. The van der Waals surface area contributed by atoms with Gasteiger partial charge in [0.05, 0.1) is 23.9 Å². The molecule has 1 N–H and O–H groups in total. The van der Waals surface area contributed by atoms with Gasteiger partial charge in [0.25, 0.3) is 0 Å². The van der Waals surface area contributed by atoms with Crippen LogP contribution in [-0.2, 0) is 16.9 Å². The number of methoxy groups -OCH3 is 1. The second kappa shape index (κ2) is 8.52. The van der Waals surface area contributed by atoms with Gasteiger partial charge in [-0.05, 0) is 35.7 Å². The second-order valence-corrected chi connectivity index (χ2v) is 6.45. The first-order valence-electron chi connectivity index (χ1n) is 8.07. The summed E-state index contributed by atoms with van der Waals surface area (Å²) in [7, 11) is 1.64. The standard InChI is InChI=1S/C19H18N4O2S/c1-25-11-10-17-19(16-8-4-5-9-18(16)24)21-22-23(17)26-13-15-7-3-2-6-14(15)12-20/h2-9,24H,10-11,13H2,1H3. The highest BCUT2D eigenvalue weighted by atomic mass is 32.2. The van der Waals surface area contributed by atoms with Crippen LogP contribution in [0.1, 0.15) is 16.8 Å². The predicted molar refractivity (Wildman–Crippen MR) is 101 cm³/mol. The summed E-state index contributed by atoms with van der Waals surface area (Å²) in [6.07, 6.45) is 0.611. The first-order valence-corrected chi connectivity index (χ1v) is 9.02. The summed E-state index contributed by atoms with van der Waals surface area (Å²) < 4.78 is 6.95. The fourth-order valence-corrected chi connectivity index (χ4v) is 3.51. The highest BCUT2D eigenvalue weighted by Gasteiger charge is 2.18. The lowest BCUT2D eigenvalue weighted by Gasteiger charge is -2.08. The molecule has 0 saturated carbocycles. The third kappa shape index (κ3) is 3.87. The molecule has 0 aliphatic heterocycles. The number of benzene rings is 2. The van der Waals surface area contributed by atoms with Crippen molar-refractivity contribution >= 4 is 11.9 Å². The van der Waals surface area contributed by atoms with E-state index in [0.29, 0.717) is 35.6 Å². The van der Waals surface area contributed by atoms with Gasteiger partial charge in [0.2, 0.25) is 0 Å². The molecule has 7 heteroatoms. The van der Waals surface area contributed by atoms with Gasteiger partial charge < -0.3 is 9.84 Å². The summed E-state index contributed by atoms with van der Waals surface area (Å²) in [5.74, 6) is 0.755. The number of hydrogen-bond donors (Lipinski definition) is 1. The van der Waals surface area contributed by atoms with E-state index in [1.54, 1.807) is 29.4 Å². The molecule has 3 aromatic rings. The predicted octanol–water partition coefficient (Wildman–Crippen LogP) is 3.41. The van der Waals surface area contributed by atoms with Gasteiger partial charge in [0, 0.05) is 24.8 Å². The van der Waals surface area contributed by atoms with Crippen molar-refractivity contribution in [3.05, 3.63) is 65.4 Å². The van der Waals surface area contributed by atoms with Gasteiger partial charge in [-0.15, -0.1) is 5.10 Å². The molecule has 2 aromatic carbocycles. The molecule has 0 bridgehead atoms. The zero-order valence-electron chi connectivity index (χ0n) is 14.3. The Balaban J connectivity index is 1.90. The Hall–Kier alpha value is -2.82. The molecule has 0 unspecified atom stereocenters. The van der Waals surface area contributed by atoms with Crippen LogP contribution in [0.2, 0.25) is 0 Å². The monoisotopic (exact) mass is 366 g/mol. The molecule has 0 atom stereocenters. The lowest BCUT2D eigenvalue weighted by atomic mass is 10.1. The van der Waals surface area contributed by atoms with Crippen LogP contribution in [0.25, 0.3) is 11.3 Å². The van der Waals surface area contributed by atoms with Crippen LogP contribution in [0, 0.1) is 11.3 Å². The van der Waals surface area contributed by atoms with Crippen molar-refractivity contribution in [3.63, 3.8) is 0 Å². The van der Waals surface area contributed by atoms with Crippen LogP contribution in [0.4, 0.5) is 0 Å². The number of phenols is 1. The summed E-state index contributed by atoms with van der Waals surface area (Å²) >= 11 is 1.46. The molecule has 0 aliphatic carbocycles. The van der Waals surface area contributed by atoms with Crippen molar-refractivity contribution in [2.45, 2.75) is 12.2 Å². The molecule has 1 aromatic heterocycles. The fraction of sp³-hybridized carbons (Fsp3) is 0.211. The van der Waals surface area contributed by atoms with E-state index >= 15 is 0 Å². The van der Waals surface area contributed by atoms with E-state index in [1.807, 2.05) is 30.3 Å². The quantitative estimate of drug-likeness (QED) is 0.690. The van der Waals surface area contributed by atoms with Gasteiger partial charge in [0.1, 0.15) is 11.4 Å². The van der Waals surface area contributed by atoms with Crippen LogP contribution in [0.5, 0.6) is 5.75 Å². The van der Waals surface area contributed by atoms with E-state index in [1.165, 1.54) is 11.9 Å². The average molecular weight is 366 g/mol. The number of rotatable bonds is 7. The largest absolute Gasteiger partial charge is 0.507 e. The molecule has 0 fully saturated rings. The van der Waals surface area contributed by atoms with Gasteiger partial charge in [-0.25, -0.2) is 0 Å². The Kier molecular flexibility index (Phi) is 5.89. The van der Waals surface area contributed by atoms with Crippen molar-refractivity contribution in [2.24, 2.45) is 0 Å². The molecule has 26 heavy (non-hydrogen) atoms. The molecular weight excluding hydrogens is 348 g/mol. The van der Waals surface area contributed by atoms with Crippen molar-refractivity contribution in [1.82, 2.24) is 14.4 Å². The minimum absolute atomic E-state index is 0.165. The van der Waals surface area contributed by atoms with Crippen molar-refractivity contribution in [3.8, 4) is 23.1 Å². The van der Waals surface area contributed by atoms with Crippen molar-refractivity contribution in [1.29, 1.82) is 5.26 Å². The zero-order valence-corrected chi connectivity index (χ0v) is 15.1. The molecule has 132 valence electrons. The second-order valence-electron chi connectivity index (χ2n) is 5.56. The smallest absolute Gasteiger partial charge is 0.125 e.